The van der Waals surface area contributed by atoms with Gasteiger partial charge in [0.25, 0.3) is 0 Å². The van der Waals surface area contributed by atoms with E-state index in [4.69, 9.17) is 5.73 Å². The number of rotatable bonds is 3. The fraction of sp³-hybridized carbons (Fsp3) is 0.375. The van der Waals surface area contributed by atoms with Gasteiger partial charge in [-0.3, -0.25) is 0 Å². The number of hydrogen-bond donors (Lipinski definition) is 1. The maximum atomic E-state index is 5.68. The van der Waals surface area contributed by atoms with Gasteiger partial charge in [0.2, 0.25) is 0 Å². The van der Waals surface area contributed by atoms with Gasteiger partial charge >= 0.3 is 0 Å². The summed E-state index contributed by atoms with van der Waals surface area (Å²) in [6, 6.07) is 3.73. The maximum absolute atomic E-state index is 5.68. The highest BCUT2D eigenvalue weighted by Gasteiger charge is 1.97. The van der Waals surface area contributed by atoms with Crippen LogP contribution in [0.2, 0.25) is 0 Å². The second-order valence-electron chi connectivity index (χ2n) is 2.25. The fourth-order valence-corrected chi connectivity index (χ4v) is 1.49. The van der Waals surface area contributed by atoms with Crippen molar-refractivity contribution in [2.24, 2.45) is 0 Å². The summed E-state index contributed by atoms with van der Waals surface area (Å²) < 4.78 is 0. The van der Waals surface area contributed by atoms with E-state index < -0.39 is 0 Å². The number of nitrogens with two attached hydrogens (primary N) is 1. The van der Waals surface area contributed by atoms with E-state index in [9.17, 15) is 0 Å². The van der Waals surface area contributed by atoms with Crippen molar-refractivity contribution in [2.45, 2.75) is 18.4 Å². The molecule has 0 atom stereocenters. The van der Waals surface area contributed by atoms with Crippen LogP contribution in [0, 0.1) is 0 Å². The Morgan fingerprint density at radius 1 is 1.64 bits per heavy atom. The summed E-state index contributed by atoms with van der Waals surface area (Å²) >= 11 is 1.71. The highest BCUT2D eigenvalue weighted by atomic mass is 32.2. The van der Waals surface area contributed by atoms with Crippen LogP contribution in [0.3, 0.4) is 0 Å². The van der Waals surface area contributed by atoms with E-state index in [0.29, 0.717) is 0 Å². The minimum absolute atomic E-state index is 0.783. The Balaban J connectivity index is 2.62. The zero-order valence-corrected chi connectivity index (χ0v) is 7.40. The van der Waals surface area contributed by atoms with Gasteiger partial charge < -0.3 is 5.73 Å². The Bertz CT molecular complexity index is 225. The van der Waals surface area contributed by atoms with Gasteiger partial charge in [-0.15, -0.1) is 11.8 Å². The summed E-state index contributed by atoms with van der Waals surface area (Å²) in [6.07, 6.45) is 2.93. The van der Waals surface area contributed by atoms with Crippen LogP contribution in [-0.2, 0) is 0 Å². The van der Waals surface area contributed by atoms with Crippen molar-refractivity contribution in [3.8, 4) is 0 Å². The molecule has 1 rings (SSSR count). The molecule has 0 aromatic carbocycles. The van der Waals surface area contributed by atoms with E-state index in [2.05, 4.69) is 11.9 Å². The molecule has 0 unspecified atom stereocenters. The normalized spacial score (nSPS) is 9.91. The summed E-state index contributed by atoms with van der Waals surface area (Å²) in [5.74, 6) is 1.08. The molecule has 1 aromatic heterocycles. The summed E-state index contributed by atoms with van der Waals surface area (Å²) in [5.41, 5.74) is 6.46. The van der Waals surface area contributed by atoms with Gasteiger partial charge in [0.1, 0.15) is 5.03 Å². The van der Waals surface area contributed by atoms with E-state index in [0.717, 1.165) is 22.9 Å². The highest BCUT2D eigenvalue weighted by Crippen LogP contribution is 2.21. The molecule has 1 aromatic rings. The van der Waals surface area contributed by atoms with Crippen molar-refractivity contribution in [3.05, 3.63) is 18.3 Å². The molecule has 0 radical (unpaired) electrons. The van der Waals surface area contributed by atoms with Gasteiger partial charge in [-0.25, -0.2) is 4.98 Å². The molecule has 11 heavy (non-hydrogen) atoms. The Morgan fingerprint density at radius 2 is 2.45 bits per heavy atom. The zero-order chi connectivity index (χ0) is 8.10. The molecule has 2 N–H and O–H groups in total. The molecule has 0 aliphatic rings. The van der Waals surface area contributed by atoms with Crippen molar-refractivity contribution in [1.82, 2.24) is 4.98 Å². The lowest BCUT2D eigenvalue weighted by Crippen LogP contribution is -1.90. The first-order valence-corrected chi connectivity index (χ1v) is 4.66. The summed E-state index contributed by atoms with van der Waals surface area (Å²) in [5, 5.41) is 0.953. The van der Waals surface area contributed by atoms with Crippen LogP contribution in [0.15, 0.2) is 23.4 Å². The summed E-state index contributed by atoms with van der Waals surface area (Å²) in [6.45, 7) is 2.14. The number of thioether (sulfide) groups is 1. The van der Waals surface area contributed by atoms with Crippen LogP contribution in [0.4, 0.5) is 5.69 Å². The van der Waals surface area contributed by atoms with E-state index >= 15 is 0 Å². The van der Waals surface area contributed by atoms with E-state index in [1.54, 1.807) is 18.0 Å². The molecular weight excluding hydrogens is 156 g/mol. The first-order chi connectivity index (χ1) is 5.34. The van der Waals surface area contributed by atoms with Crippen LogP contribution < -0.4 is 5.73 Å². The average molecular weight is 168 g/mol. The Labute approximate surface area is 71.2 Å². The molecule has 0 aliphatic carbocycles. The number of hydrogen-bond acceptors (Lipinski definition) is 3. The van der Waals surface area contributed by atoms with E-state index in [1.807, 2.05) is 12.1 Å². The van der Waals surface area contributed by atoms with Crippen molar-refractivity contribution < 1.29 is 0 Å². The van der Waals surface area contributed by atoms with Crippen LogP contribution >= 0.6 is 11.8 Å². The number of aromatic nitrogens is 1. The molecule has 0 aliphatic heterocycles. The van der Waals surface area contributed by atoms with Crippen LogP contribution in [0.25, 0.3) is 0 Å². The molecule has 0 bridgehead atoms. The molecule has 0 spiro atoms. The molecule has 0 amide bonds. The molecule has 0 saturated heterocycles. The third kappa shape index (κ3) is 2.42. The van der Waals surface area contributed by atoms with Crippen LogP contribution in [-0.4, -0.2) is 10.7 Å². The predicted octanol–water partition coefficient (Wildman–Crippen LogP) is 2.17. The summed E-state index contributed by atoms with van der Waals surface area (Å²) in [4.78, 5) is 4.15. The smallest absolute Gasteiger partial charge is 0.119 e. The van der Waals surface area contributed by atoms with Gasteiger partial charge in [0, 0.05) is 6.20 Å². The maximum Gasteiger partial charge on any atom is 0.119 e. The SMILES string of the molecule is CCCSc1ncccc1N. The van der Waals surface area contributed by atoms with Crippen molar-refractivity contribution in [3.63, 3.8) is 0 Å². The fourth-order valence-electron chi connectivity index (χ4n) is 0.723. The number of anilines is 1. The Morgan fingerprint density at radius 3 is 3.09 bits per heavy atom. The number of pyridine rings is 1. The lowest BCUT2D eigenvalue weighted by atomic mass is 10.4. The summed E-state index contributed by atoms with van der Waals surface area (Å²) in [7, 11) is 0. The lowest BCUT2D eigenvalue weighted by molar-refractivity contribution is 1.08. The Kier molecular flexibility index (Phi) is 3.23. The van der Waals surface area contributed by atoms with Crippen LogP contribution in [0.5, 0.6) is 0 Å². The molecule has 1 heterocycles. The topological polar surface area (TPSA) is 38.9 Å². The first-order valence-electron chi connectivity index (χ1n) is 3.68. The van der Waals surface area contributed by atoms with Crippen LogP contribution in [0.1, 0.15) is 13.3 Å². The van der Waals surface area contributed by atoms with Gasteiger partial charge in [0.05, 0.1) is 5.69 Å². The zero-order valence-electron chi connectivity index (χ0n) is 6.58. The molecular formula is C8H12N2S. The largest absolute Gasteiger partial charge is 0.397 e. The highest BCUT2D eigenvalue weighted by molar-refractivity contribution is 7.99. The van der Waals surface area contributed by atoms with Gasteiger partial charge in [-0.05, 0) is 24.3 Å². The second kappa shape index (κ2) is 4.23. The number of nitrogen functional groups attached to an aromatic ring is 1. The molecule has 0 saturated carbocycles. The molecule has 2 nitrogen and oxygen atoms in total. The third-order valence-corrected chi connectivity index (χ3v) is 2.47. The minimum Gasteiger partial charge on any atom is -0.397 e. The number of nitrogens with zero attached hydrogens (tertiary/aromatic N) is 1. The van der Waals surface area contributed by atoms with E-state index in [-0.39, 0.29) is 0 Å². The van der Waals surface area contributed by atoms with Crippen molar-refractivity contribution >= 4 is 17.4 Å². The monoisotopic (exact) mass is 168 g/mol. The van der Waals surface area contributed by atoms with Gasteiger partial charge in [-0.2, -0.15) is 0 Å². The second-order valence-corrected chi connectivity index (χ2v) is 3.33. The van der Waals surface area contributed by atoms with Gasteiger partial charge in [0.15, 0.2) is 0 Å². The molecule has 0 fully saturated rings. The molecule has 3 heteroatoms. The molecule has 60 valence electrons. The average Bonchev–Trinajstić information content (AvgIpc) is 2.03. The van der Waals surface area contributed by atoms with Crippen molar-refractivity contribution in [2.75, 3.05) is 11.5 Å². The quantitative estimate of drug-likeness (QED) is 0.703. The Hall–Kier alpha value is -0.700. The van der Waals surface area contributed by atoms with Gasteiger partial charge in [-0.1, -0.05) is 6.92 Å². The first kappa shape index (κ1) is 8.40. The lowest BCUT2D eigenvalue weighted by Gasteiger charge is -2.00. The van der Waals surface area contributed by atoms with E-state index in [1.165, 1.54) is 0 Å². The van der Waals surface area contributed by atoms with Crippen molar-refractivity contribution in [1.29, 1.82) is 0 Å². The standard InChI is InChI=1S/C8H12N2S/c1-2-6-11-8-7(9)4-3-5-10-8/h3-5H,2,6,9H2,1H3. The predicted molar refractivity (Wildman–Crippen MR) is 49.7 cm³/mol. The third-order valence-electron chi connectivity index (χ3n) is 1.24. The minimum atomic E-state index is 0.783.